The lowest BCUT2D eigenvalue weighted by Gasteiger charge is -2.25. The summed E-state index contributed by atoms with van der Waals surface area (Å²) in [5, 5.41) is 5.07. The van der Waals surface area contributed by atoms with Gasteiger partial charge in [0.1, 0.15) is 18.5 Å². The molecule has 1 aromatic heterocycles. The maximum absolute atomic E-state index is 6.64. The van der Waals surface area contributed by atoms with Crippen LogP contribution in [0.2, 0.25) is 0 Å². The van der Waals surface area contributed by atoms with Crippen molar-refractivity contribution in [3.63, 3.8) is 0 Å². The SMILES string of the molecule is Cc1ccc2c(C)c3c(c(C)c2c1)Oc1cc(C(C)C)cc2cc[n+](C)c-3c12. The molecule has 0 saturated heterocycles. The molecule has 0 amide bonds. The van der Waals surface area contributed by atoms with Gasteiger partial charge < -0.3 is 4.74 Å². The molecule has 2 heterocycles. The monoisotopic (exact) mass is 368 g/mol. The number of ether oxygens (including phenoxy) is 1. The normalized spacial score (nSPS) is 12.5. The van der Waals surface area contributed by atoms with Crippen LogP contribution in [0.25, 0.3) is 32.8 Å². The number of aryl methyl sites for hydroxylation is 4. The molecule has 0 spiro atoms. The third kappa shape index (κ3) is 2.24. The van der Waals surface area contributed by atoms with E-state index in [0.29, 0.717) is 5.92 Å². The molecular formula is C26H26NO+. The topological polar surface area (TPSA) is 13.1 Å². The molecule has 5 rings (SSSR count). The fourth-order valence-electron chi connectivity index (χ4n) is 4.64. The van der Waals surface area contributed by atoms with Crippen LogP contribution in [0.15, 0.2) is 42.6 Å². The summed E-state index contributed by atoms with van der Waals surface area (Å²) in [6.45, 7) is 11.0. The molecule has 4 aromatic rings. The number of fused-ring (bicyclic) bond motifs is 3. The molecule has 0 N–H and O–H groups in total. The van der Waals surface area contributed by atoms with Crippen molar-refractivity contribution in [1.82, 2.24) is 0 Å². The second-order valence-corrected chi connectivity index (χ2v) is 8.52. The Morgan fingerprint density at radius 3 is 2.43 bits per heavy atom. The lowest BCUT2D eigenvalue weighted by molar-refractivity contribution is -0.659. The molecule has 3 aromatic carbocycles. The van der Waals surface area contributed by atoms with E-state index >= 15 is 0 Å². The fourth-order valence-corrected chi connectivity index (χ4v) is 4.64. The van der Waals surface area contributed by atoms with Crippen LogP contribution in [0.3, 0.4) is 0 Å². The number of hydrogen-bond acceptors (Lipinski definition) is 1. The van der Waals surface area contributed by atoms with Crippen molar-refractivity contribution in [2.75, 3.05) is 0 Å². The standard InChI is InChI=1S/C26H26NO/c1-14(2)19-12-18-9-10-27(6)25-23-16(4)20-8-7-15(3)11-21(20)17(5)26(23)28-22(13-19)24(18)25/h7-14H,1-6H3/q+1. The van der Waals surface area contributed by atoms with Gasteiger partial charge in [0.05, 0.1) is 10.9 Å². The van der Waals surface area contributed by atoms with Crippen molar-refractivity contribution in [2.24, 2.45) is 7.05 Å². The maximum Gasteiger partial charge on any atom is 0.228 e. The summed E-state index contributed by atoms with van der Waals surface area (Å²) < 4.78 is 8.89. The predicted molar refractivity (Wildman–Crippen MR) is 116 cm³/mol. The van der Waals surface area contributed by atoms with Crippen LogP contribution >= 0.6 is 0 Å². The first-order chi connectivity index (χ1) is 13.4. The van der Waals surface area contributed by atoms with E-state index in [1.807, 2.05) is 0 Å². The highest BCUT2D eigenvalue weighted by Gasteiger charge is 2.32. The van der Waals surface area contributed by atoms with E-state index in [4.69, 9.17) is 4.74 Å². The molecule has 2 heteroatoms. The number of pyridine rings is 1. The first kappa shape index (κ1) is 17.2. The zero-order chi connectivity index (χ0) is 19.7. The fraction of sp³-hybridized carbons (Fsp3) is 0.269. The predicted octanol–water partition coefficient (Wildman–Crippen LogP) is 6.64. The highest BCUT2D eigenvalue weighted by Crippen LogP contribution is 2.50. The quantitative estimate of drug-likeness (QED) is 0.302. The average Bonchev–Trinajstić information content (AvgIpc) is 2.67. The van der Waals surface area contributed by atoms with Crippen molar-refractivity contribution in [3.05, 3.63) is 64.8 Å². The molecule has 0 fully saturated rings. The van der Waals surface area contributed by atoms with E-state index in [-0.39, 0.29) is 0 Å². The van der Waals surface area contributed by atoms with Crippen molar-refractivity contribution in [2.45, 2.75) is 40.5 Å². The Morgan fingerprint density at radius 2 is 1.68 bits per heavy atom. The highest BCUT2D eigenvalue weighted by molar-refractivity contribution is 6.06. The Bertz CT molecular complexity index is 1300. The Balaban J connectivity index is 1.97. The first-order valence-electron chi connectivity index (χ1n) is 10.0. The van der Waals surface area contributed by atoms with Gasteiger partial charge in [-0.3, -0.25) is 0 Å². The number of nitrogens with zero attached hydrogens (tertiary/aromatic N) is 1. The number of hydrogen-bond donors (Lipinski definition) is 0. The third-order valence-corrected chi connectivity index (χ3v) is 6.26. The van der Waals surface area contributed by atoms with Gasteiger partial charge >= 0.3 is 0 Å². The van der Waals surface area contributed by atoms with E-state index in [9.17, 15) is 0 Å². The molecule has 1 aliphatic heterocycles. The van der Waals surface area contributed by atoms with Gasteiger partial charge in [-0.15, -0.1) is 0 Å². The molecule has 2 nitrogen and oxygen atoms in total. The first-order valence-corrected chi connectivity index (χ1v) is 10.0. The van der Waals surface area contributed by atoms with Crippen LogP contribution in [0.5, 0.6) is 11.5 Å². The Hall–Kier alpha value is -2.87. The number of aromatic nitrogens is 1. The molecule has 28 heavy (non-hydrogen) atoms. The van der Waals surface area contributed by atoms with Crippen LogP contribution in [0.4, 0.5) is 0 Å². The largest absolute Gasteiger partial charge is 0.455 e. The van der Waals surface area contributed by atoms with Crippen LogP contribution in [-0.2, 0) is 7.05 Å². The summed E-state index contributed by atoms with van der Waals surface area (Å²) in [6.07, 6.45) is 2.18. The molecule has 0 aliphatic carbocycles. The molecule has 140 valence electrons. The van der Waals surface area contributed by atoms with Crippen LogP contribution in [0.1, 0.15) is 42.0 Å². The highest BCUT2D eigenvalue weighted by atomic mass is 16.5. The molecular weight excluding hydrogens is 342 g/mol. The van der Waals surface area contributed by atoms with Gasteiger partial charge in [-0.1, -0.05) is 43.7 Å². The summed E-state index contributed by atoms with van der Waals surface area (Å²) in [4.78, 5) is 0. The third-order valence-electron chi connectivity index (χ3n) is 6.26. The minimum atomic E-state index is 0.463. The number of rotatable bonds is 1. The van der Waals surface area contributed by atoms with Gasteiger partial charge in [-0.05, 0) is 60.0 Å². The number of benzene rings is 3. The molecule has 0 unspecified atom stereocenters. The van der Waals surface area contributed by atoms with Crippen molar-refractivity contribution < 1.29 is 9.30 Å². The van der Waals surface area contributed by atoms with E-state index in [1.165, 1.54) is 55.1 Å². The summed E-state index contributed by atoms with van der Waals surface area (Å²) in [5.74, 6) is 2.45. The molecule has 0 atom stereocenters. The smallest absolute Gasteiger partial charge is 0.228 e. The lowest BCUT2D eigenvalue weighted by Crippen LogP contribution is -2.32. The van der Waals surface area contributed by atoms with Gasteiger partial charge in [0.15, 0.2) is 6.20 Å². The summed E-state index contributed by atoms with van der Waals surface area (Å²) in [7, 11) is 2.14. The van der Waals surface area contributed by atoms with E-state index in [0.717, 1.165) is 11.5 Å². The maximum atomic E-state index is 6.64. The zero-order valence-corrected chi connectivity index (χ0v) is 17.5. The van der Waals surface area contributed by atoms with E-state index in [1.54, 1.807) is 0 Å². The van der Waals surface area contributed by atoms with Crippen LogP contribution in [-0.4, -0.2) is 0 Å². The molecule has 1 aliphatic rings. The zero-order valence-electron chi connectivity index (χ0n) is 17.5. The van der Waals surface area contributed by atoms with Crippen LogP contribution < -0.4 is 9.30 Å². The minimum Gasteiger partial charge on any atom is -0.455 e. The Kier molecular flexibility index (Phi) is 3.58. The Labute approximate surface area is 166 Å². The van der Waals surface area contributed by atoms with Crippen LogP contribution in [0, 0.1) is 20.8 Å². The lowest BCUT2D eigenvalue weighted by atomic mass is 9.88. The summed E-state index contributed by atoms with van der Waals surface area (Å²) in [5.41, 5.74) is 7.59. The second kappa shape index (κ2) is 5.81. The molecule has 0 bridgehead atoms. The summed E-state index contributed by atoms with van der Waals surface area (Å²) in [6, 6.07) is 13.5. The minimum absolute atomic E-state index is 0.463. The van der Waals surface area contributed by atoms with E-state index < -0.39 is 0 Å². The van der Waals surface area contributed by atoms with Gasteiger partial charge in [0.25, 0.3) is 0 Å². The van der Waals surface area contributed by atoms with Crippen molar-refractivity contribution >= 4 is 21.5 Å². The molecule has 0 radical (unpaired) electrons. The average molecular weight is 369 g/mol. The van der Waals surface area contributed by atoms with E-state index in [2.05, 4.69) is 88.8 Å². The molecule has 0 saturated carbocycles. The summed E-state index contributed by atoms with van der Waals surface area (Å²) >= 11 is 0. The van der Waals surface area contributed by atoms with Crippen molar-refractivity contribution in [1.29, 1.82) is 0 Å². The second-order valence-electron chi connectivity index (χ2n) is 8.52. The van der Waals surface area contributed by atoms with Gasteiger partial charge in [-0.2, -0.15) is 0 Å². The Morgan fingerprint density at radius 1 is 0.893 bits per heavy atom. The van der Waals surface area contributed by atoms with Crippen molar-refractivity contribution in [3.8, 4) is 22.8 Å². The van der Waals surface area contributed by atoms with Gasteiger partial charge in [0.2, 0.25) is 5.69 Å². The van der Waals surface area contributed by atoms with Gasteiger partial charge in [-0.25, -0.2) is 4.57 Å². The van der Waals surface area contributed by atoms with Gasteiger partial charge in [0, 0.05) is 11.6 Å².